The number of methoxy groups -OCH3 is 3. The van der Waals surface area contributed by atoms with Gasteiger partial charge in [0, 0.05) is 53.1 Å². The monoisotopic (exact) mass is 966 g/mol. The summed E-state index contributed by atoms with van der Waals surface area (Å²) in [6.45, 7) is 0.801. The number of hydrogen-bond acceptors (Lipinski definition) is 18. The molecular formula is C44H32F2N8O8S4. The van der Waals surface area contributed by atoms with E-state index in [0.717, 1.165) is 35.0 Å². The molecule has 66 heavy (non-hydrogen) atoms. The zero-order chi connectivity index (χ0) is 44.9. The molecule has 0 fully saturated rings. The molecule has 334 valence electrons. The number of ether oxygens (including phenoxy) is 6. The standard InChI is InChI=1S/C44H32F2N8O8S4/c1-55-25-10-33(28-14-37(61-35(28)12-25)31-16-53-41(49-31)65-43(51-53)57-3)59-18-23-20-63-39(47-23)5-4-8-58-44-52-54-17-32(50-42(54)66-44)38-15-29-34(11-26(56-2)13-36(29)62-38)60-19-24-21-64-40(48-24)27-7-6-22(45)9-30(27)46/h6-7,9-17,20-21H,4-5,8,18-19H2,1-3H3. The lowest BCUT2D eigenvalue weighted by Gasteiger charge is -2.08. The third-order valence-corrected chi connectivity index (χ3v) is 13.8. The number of nitrogens with zero attached hydrogens (tertiary/aromatic N) is 8. The van der Waals surface area contributed by atoms with Crippen molar-refractivity contribution >= 4 is 77.2 Å². The Morgan fingerprint density at radius 2 is 1.24 bits per heavy atom. The summed E-state index contributed by atoms with van der Waals surface area (Å²) in [6, 6.07) is 14.3. The first-order valence-electron chi connectivity index (χ1n) is 20.0. The van der Waals surface area contributed by atoms with Crippen molar-refractivity contribution < 1.29 is 46.0 Å². The van der Waals surface area contributed by atoms with Crippen molar-refractivity contribution in [3.63, 3.8) is 0 Å². The number of thiazole rings is 2. The van der Waals surface area contributed by atoms with E-state index in [-0.39, 0.29) is 18.8 Å². The van der Waals surface area contributed by atoms with Crippen LogP contribution in [0.3, 0.4) is 0 Å². The maximum Gasteiger partial charge on any atom is 0.294 e. The molecule has 0 atom stereocenters. The largest absolute Gasteiger partial charge is 0.496 e. The highest BCUT2D eigenvalue weighted by molar-refractivity contribution is 7.18. The van der Waals surface area contributed by atoms with Crippen molar-refractivity contribution in [1.29, 1.82) is 0 Å². The second-order valence-corrected chi connectivity index (χ2v) is 18.1. The lowest BCUT2D eigenvalue weighted by Crippen LogP contribution is -2.00. The van der Waals surface area contributed by atoms with Crippen LogP contribution in [0.2, 0.25) is 0 Å². The third kappa shape index (κ3) is 8.23. The molecule has 0 radical (unpaired) electrons. The Kier molecular flexibility index (Phi) is 10.9. The van der Waals surface area contributed by atoms with Crippen LogP contribution in [0.1, 0.15) is 22.8 Å². The number of aryl methyl sites for hydroxylation is 1. The van der Waals surface area contributed by atoms with Crippen molar-refractivity contribution in [2.45, 2.75) is 26.1 Å². The van der Waals surface area contributed by atoms with Crippen LogP contribution < -0.4 is 28.4 Å². The molecule has 0 aliphatic carbocycles. The van der Waals surface area contributed by atoms with Crippen LogP contribution in [0.4, 0.5) is 8.78 Å². The van der Waals surface area contributed by atoms with Crippen LogP contribution in [0.25, 0.3) is 65.3 Å². The highest BCUT2D eigenvalue weighted by Crippen LogP contribution is 2.40. The van der Waals surface area contributed by atoms with Gasteiger partial charge in [0.25, 0.3) is 10.4 Å². The van der Waals surface area contributed by atoms with Crippen LogP contribution in [0.5, 0.6) is 33.4 Å². The van der Waals surface area contributed by atoms with Gasteiger partial charge in [0.05, 0.1) is 67.5 Å². The van der Waals surface area contributed by atoms with Gasteiger partial charge in [0.1, 0.15) is 75.4 Å². The fourth-order valence-electron chi connectivity index (χ4n) is 7.01. The van der Waals surface area contributed by atoms with Gasteiger partial charge in [-0.2, -0.15) is 0 Å². The van der Waals surface area contributed by atoms with Crippen LogP contribution in [-0.2, 0) is 19.6 Å². The molecule has 0 aliphatic heterocycles. The first-order valence-corrected chi connectivity index (χ1v) is 23.4. The van der Waals surface area contributed by atoms with Gasteiger partial charge in [-0.15, -0.1) is 32.9 Å². The molecule has 3 aromatic carbocycles. The molecule has 22 heteroatoms. The Hall–Kier alpha value is -7.14. The molecule has 0 amide bonds. The van der Waals surface area contributed by atoms with Gasteiger partial charge >= 0.3 is 0 Å². The molecular weight excluding hydrogens is 935 g/mol. The van der Waals surface area contributed by atoms with Crippen LogP contribution in [0.15, 0.2) is 86.6 Å². The average molecular weight is 967 g/mol. The third-order valence-electron chi connectivity index (χ3n) is 10.2. The predicted octanol–water partition coefficient (Wildman–Crippen LogP) is 10.8. The molecule has 0 saturated carbocycles. The summed E-state index contributed by atoms with van der Waals surface area (Å²) in [6.07, 6.45) is 5.02. The van der Waals surface area contributed by atoms with Crippen LogP contribution >= 0.6 is 45.3 Å². The Labute approximate surface area is 387 Å². The first-order chi connectivity index (χ1) is 32.2. The van der Waals surface area contributed by atoms with Gasteiger partial charge < -0.3 is 37.3 Å². The lowest BCUT2D eigenvalue weighted by molar-refractivity contribution is 0.301. The zero-order valence-corrected chi connectivity index (χ0v) is 38.0. The van der Waals surface area contributed by atoms with Crippen molar-refractivity contribution in [2.24, 2.45) is 0 Å². The number of halogens is 2. The van der Waals surface area contributed by atoms with E-state index in [1.807, 2.05) is 29.6 Å². The van der Waals surface area contributed by atoms with E-state index < -0.39 is 11.6 Å². The highest BCUT2D eigenvalue weighted by Gasteiger charge is 2.20. The highest BCUT2D eigenvalue weighted by atomic mass is 32.1. The molecule has 8 aromatic heterocycles. The van der Waals surface area contributed by atoms with E-state index in [0.29, 0.717) is 100 Å². The van der Waals surface area contributed by atoms with Crippen molar-refractivity contribution in [1.82, 2.24) is 39.2 Å². The summed E-state index contributed by atoms with van der Waals surface area (Å²) in [4.78, 5) is 20.0. The Balaban J connectivity index is 0.696. The van der Waals surface area contributed by atoms with E-state index in [9.17, 15) is 8.78 Å². The first kappa shape index (κ1) is 41.6. The maximum atomic E-state index is 14.4. The van der Waals surface area contributed by atoms with E-state index in [1.165, 1.54) is 46.1 Å². The number of fused-ring (bicyclic) bond motifs is 4. The quantitative estimate of drug-likeness (QED) is 0.0790. The zero-order valence-electron chi connectivity index (χ0n) is 34.8. The van der Waals surface area contributed by atoms with Gasteiger partial charge in [0.2, 0.25) is 9.92 Å². The Morgan fingerprint density at radius 3 is 1.85 bits per heavy atom. The topological polar surface area (TPSA) is 168 Å². The van der Waals surface area contributed by atoms with Crippen LogP contribution in [-0.4, -0.2) is 67.1 Å². The van der Waals surface area contributed by atoms with Crippen molar-refractivity contribution in [3.8, 4) is 66.9 Å². The minimum absolute atomic E-state index is 0.0982. The Bertz CT molecular complexity index is 3490. The SMILES string of the molecule is COc1cc(OCc2csc(CCCOc3nn4cc(-c5cc6c(OCc7csc(-c8ccc(F)cc8F)n7)cc(OC)cc6o5)nc4s3)n2)c2cc(-c3cn4nc(OC)sc4n3)oc2c1. The summed E-state index contributed by atoms with van der Waals surface area (Å²) in [5, 5.41) is 16.6. The fraction of sp³-hybridized carbons (Fsp3) is 0.182. The van der Waals surface area contributed by atoms with Gasteiger partial charge in [0.15, 0.2) is 11.5 Å². The van der Waals surface area contributed by atoms with E-state index >= 15 is 0 Å². The molecule has 0 unspecified atom stereocenters. The summed E-state index contributed by atoms with van der Waals surface area (Å²) in [7, 11) is 4.73. The molecule has 16 nitrogen and oxygen atoms in total. The number of hydrogen-bond donors (Lipinski definition) is 0. The van der Waals surface area contributed by atoms with E-state index in [2.05, 4.69) is 20.2 Å². The van der Waals surface area contributed by atoms with E-state index in [4.69, 9.17) is 47.2 Å². The van der Waals surface area contributed by atoms with Gasteiger partial charge in [-0.05, 0) is 53.4 Å². The molecule has 0 N–H and O–H groups in total. The number of aromatic nitrogens is 8. The van der Waals surface area contributed by atoms with Crippen molar-refractivity contribution in [3.05, 3.63) is 106 Å². The minimum Gasteiger partial charge on any atom is -0.496 e. The number of benzene rings is 3. The molecule has 0 aliphatic rings. The second kappa shape index (κ2) is 17.3. The summed E-state index contributed by atoms with van der Waals surface area (Å²) >= 11 is 5.48. The maximum absolute atomic E-state index is 14.4. The molecule has 8 heterocycles. The summed E-state index contributed by atoms with van der Waals surface area (Å²) < 4.78 is 78.2. The normalized spacial score (nSPS) is 11.7. The van der Waals surface area contributed by atoms with Gasteiger partial charge in [-0.3, -0.25) is 0 Å². The molecule has 0 spiro atoms. The smallest absolute Gasteiger partial charge is 0.294 e. The lowest BCUT2D eigenvalue weighted by atomic mass is 10.2. The summed E-state index contributed by atoms with van der Waals surface area (Å²) in [5.41, 5.74) is 3.97. The molecule has 0 saturated heterocycles. The minimum atomic E-state index is -0.677. The number of furan rings is 2. The Morgan fingerprint density at radius 1 is 0.636 bits per heavy atom. The average Bonchev–Trinajstić information content (AvgIpc) is 4.17. The van der Waals surface area contributed by atoms with Crippen LogP contribution in [0, 0.1) is 11.6 Å². The van der Waals surface area contributed by atoms with Crippen molar-refractivity contribution in [2.75, 3.05) is 27.9 Å². The van der Waals surface area contributed by atoms with Gasteiger partial charge in [-0.1, -0.05) is 0 Å². The van der Waals surface area contributed by atoms with Gasteiger partial charge in [-0.25, -0.2) is 37.7 Å². The molecule has 11 rings (SSSR count). The molecule has 0 bridgehead atoms. The van der Waals surface area contributed by atoms with E-state index in [1.54, 1.807) is 71.6 Å². The number of imidazole rings is 2. The second-order valence-electron chi connectivity index (χ2n) is 14.5. The number of rotatable bonds is 17. The fourth-order valence-corrected chi connectivity index (χ4v) is 10.1. The predicted molar refractivity (Wildman–Crippen MR) is 244 cm³/mol. The molecule has 11 aromatic rings. The summed E-state index contributed by atoms with van der Waals surface area (Å²) in [5.74, 6) is 2.01.